The molecule has 2 unspecified atom stereocenters. The van der Waals surface area contributed by atoms with Crippen LogP contribution >= 0.6 is 0 Å². The molecule has 116 valence electrons. The third-order valence-corrected chi connectivity index (χ3v) is 3.45. The number of rotatable bonds is 5. The van der Waals surface area contributed by atoms with Crippen LogP contribution in [0.2, 0.25) is 0 Å². The third-order valence-electron chi connectivity index (χ3n) is 3.45. The van der Waals surface area contributed by atoms with Gasteiger partial charge in [-0.05, 0) is 31.5 Å². The molecule has 1 heterocycles. The van der Waals surface area contributed by atoms with Crippen LogP contribution < -0.4 is 15.4 Å². The first-order chi connectivity index (χ1) is 9.91. The first-order valence-electron chi connectivity index (χ1n) is 7.05. The fourth-order valence-electron chi connectivity index (χ4n) is 2.34. The quantitative estimate of drug-likeness (QED) is 0.876. The second-order valence-electron chi connectivity index (χ2n) is 5.23. The molecule has 4 nitrogen and oxygen atoms in total. The molecule has 1 aliphatic rings. The van der Waals surface area contributed by atoms with Gasteiger partial charge in [0.2, 0.25) is 5.91 Å². The summed E-state index contributed by atoms with van der Waals surface area (Å²) >= 11 is 0. The SMILES string of the molecule is CCOc1cccc(C(C)NC(=O)C2CC(F)(F)CN2)c1. The van der Waals surface area contributed by atoms with Gasteiger partial charge in [0.15, 0.2) is 0 Å². The van der Waals surface area contributed by atoms with Gasteiger partial charge in [-0.3, -0.25) is 10.1 Å². The number of benzene rings is 1. The minimum Gasteiger partial charge on any atom is -0.494 e. The lowest BCUT2D eigenvalue weighted by atomic mass is 10.1. The van der Waals surface area contributed by atoms with Crippen molar-refractivity contribution in [3.05, 3.63) is 29.8 Å². The van der Waals surface area contributed by atoms with Crippen LogP contribution in [0.1, 0.15) is 31.9 Å². The van der Waals surface area contributed by atoms with Gasteiger partial charge in [-0.2, -0.15) is 0 Å². The van der Waals surface area contributed by atoms with Crippen molar-refractivity contribution < 1.29 is 18.3 Å². The summed E-state index contributed by atoms with van der Waals surface area (Å²) in [6.07, 6.45) is -0.454. The Hall–Kier alpha value is -1.69. The summed E-state index contributed by atoms with van der Waals surface area (Å²) in [6.45, 7) is 3.82. The first kappa shape index (κ1) is 15.7. The van der Waals surface area contributed by atoms with Gasteiger partial charge in [0, 0.05) is 6.42 Å². The Morgan fingerprint density at radius 2 is 2.33 bits per heavy atom. The van der Waals surface area contributed by atoms with E-state index in [1.807, 2.05) is 38.1 Å². The van der Waals surface area contributed by atoms with Crippen molar-refractivity contribution in [3.63, 3.8) is 0 Å². The normalized spacial score (nSPS) is 21.8. The van der Waals surface area contributed by atoms with Crippen LogP contribution in [0.5, 0.6) is 5.75 Å². The smallest absolute Gasteiger partial charge is 0.262 e. The molecule has 1 saturated heterocycles. The lowest BCUT2D eigenvalue weighted by Crippen LogP contribution is -2.41. The number of carbonyl (C=O) groups is 1. The number of halogens is 2. The van der Waals surface area contributed by atoms with E-state index < -0.39 is 30.8 Å². The highest BCUT2D eigenvalue weighted by atomic mass is 19.3. The van der Waals surface area contributed by atoms with Gasteiger partial charge < -0.3 is 10.1 Å². The third kappa shape index (κ3) is 4.14. The summed E-state index contributed by atoms with van der Waals surface area (Å²) in [5.41, 5.74) is 0.874. The maximum absolute atomic E-state index is 13.1. The van der Waals surface area contributed by atoms with Crippen molar-refractivity contribution in [2.75, 3.05) is 13.2 Å². The van der Waals surface area contributed by atoms with Crippen LogP contribution in [0, 0.1) is 0 Å². The van der Waals surface area contributed by atoms with Gasteiger partial charge in [-0.15, -0.1) is 0 Å². The predicted molar refractivity (Wildman–Crippen MR) is 75.5 cm³/mol. The topological polar surface area (TPSA) is 50.4 Å². The fourth-order valence-corrected chi connectivity index (χ4v) is 2.34. The van der Waals surface area contributed by atoms with E-state index >= 15 is 0 Å². The molecular formula is C15H20F2N2O2. The molecule has 2 atom stereocenters. The van der Waals surface area contributed by atoms with E-state index in [1.54, 1.807) is 0 Å². The van der Waals surface area contributed by atoms with E-state index in [0.717, 1.165) is 11.3 Å². The Labute approximate surface area is 122 Å². The molecule has 1 aromatic carbocycles. The molecule has 2 N–H and O–H groups in total. The van der Waals surface area contributed by atoms with E-state index in [-0.39, 0.29) is 6.04 Å². The number of nitrogens with one attached hydrogen (secondary N) is 2. The zero-order valence-electron chi connectivity index (χ0n) is 12.2. The lowest BCUT2D eigenvalue weighted by Gasteiger charge is -2.18. The second kappa shape index (κ2) is 6.39. The van der Waals surface area contributed by atoms with Crippen molar-refractivity contribution in [3.8, 4) is 5.75 Å². The number of amides is 1. The molecule has 1 amide bonds. The van der Waals surface area contributed by atoms with Crippen molar-refractivity contribution in [1.82, 2.24) is 10.6 Å². The summed E-state index contributed by atoms with van der Waals surface area (Å²) in [6, 6.07) is 6.27. The van der Waals surface area contributed by atoms with E-state index in [0.29, 0.717) is 6.61 Å². The molecule has 0 aliphatic carbocycles. The zero-order valence-corrected chi connectivity index (χ0v) is 12.2. The van der Waals surface area contributed by atoms with Crippen LogP contribution in [0.25, 0.3) is 0 Å². The van der Waals surface area contributed by atoms with E-state index in [2.05, 4.69) is 10.6 Å². The molecule has 0 bridgehead atoms. The van der Waals surface area contributed by atoms with Crippen LogP contribution in [0.15, 0.2) is 24.3 Å². The van der Waals surface area contributed by atoms with Crippen molar-refractivity contribution >= 4 is 5.91 Å². The first-order valence-corrected chi connectivity index (χ1v) is 7.05. The molecule has 21 heavy (non-hydrogen) atoms. The maximum atomic E-state index is 13.1. The maximum Gasteiger partial charge on any atom is 0.262 e. The van der Waals surface area contributed by atoms with E-state index in [4.69, 9.17) is 4.74 Å². The zero-order chi connectivity index (χ0) is 15.5. The Bertz CT molecular complexity index is 508. The van der Waals surface area contributed by atoms with E-state index in [1.165, 1.54) is 0 Å². The average Bonchev–Trinajstić information content (AvgIpc) is 2.80. The monoisotopic (exact) mass is 298 g/mol. The largest absolute Gasteiger partial charge is 0.494 e. The summed E-state index contributed by atoms with van der Waals surface area (Å²) in [7, 11) is 0. The molecule has 1 fully saturated rings. The number of alkyl halides is 2. The lowest BCUT2D eigenvalue weighted by molar-refractivity contribution is -0.124. The number of hydrogen-bond acceptors (Lipinski definition) is 3. The van der Waals surface area contributed by atoms with Gasteiger partial charge in [0.05, 0.1) is 25.2 Å². The van der Waals surface area contributed by atoms with Crippen molar-refractivity contribution in [2.24, 2.45) is 0 Å². The summed E-state index contributed by atoms with van der Waals surface area (Å²) in [5, 5.41) is 5.30. The molecule has 0 spiro atoms. The number of ether oxygens (including phenoxy) is 1. The van der Waals surface area contributed by atoms with Gasteiger partial charge in [0.1, 0.15) is 5.75 Å². The minimum atomic E-state index is -2.81. The van der Waals surface area contributed by atoms with Crippen LogP contribution in [0.3, 0.4) is 0 Å². The Morgan fingerprint density at radius 1 is 1.57 bits per heavy atom. The molecular weight excluding hydrogens is 278 g/mol. The molecule has 0 aromatic heterocycles. The van der Waals surface area contributed by atoms with Gasteiger partial charge in [0.25, 0.3) is 5.92 Å². The van der Waals surface area contributed by atoms with Crippen LogP contribution in [-0.2, 0) is 4.79 Å². The average molecular weight is 298 g/mol. The summed E-state index contributed by atoms with van der Waals surface area (Å²) < 4.78 is 31.6. The Balaban J connectivity index is 1.96. The molecule has 0 saturated carbocycles. The van der Waals surface area contributed by atoms with Gasteiger partial charge >= 0.3 is 0 Å². The number of hydrogen-bond donors (Lipinski definition) is 2. The fraction of sp³-hybridized carbons (Fsp3) is 0.533. The van der Waals surface area contributed by atoms with Crippen LogP contribution in [-0.4, -0.2) is 31.0 Å². The standard InChI is InChI=1S/C15H20F2N2O2/c1-3-21-12-6-4-5-11(7-12)10(2)19-14(20)13-8-15(16,17)9-18-13/h4-7,10,13,18H,3,8-9H2,1-2H3,(H,19,20). The highest BCUT2D eigenvalue weighted by molar-refractivity contribution is 5.82. The highest BCUT2D eigenvalue weighted by Crippen LogP contribution is 2.26. The Morgan fingerprint density at radius 3 is 2.95 bits per heavy atom. The second-order valence-corrected chi connectivity index (χ2v) is 5.23. The van der Waals surface area contributed by atoms with Crippen LogP contribution in [0.4, 0.5) is 8.78 Å². The van der Waals surface area contributed by atoms with Gasteiger partial charge in [-0.25, -0.2) is 8.78 Å². The van der Waals surface area contributed by atoms with Crippen molar-refractivity contribution in [1.29, 1.82) is 0 Å². The highest BCUT2D eigenvalue weighted by Gasteiger charge is 2.42. The summed E-state index contributed by atoms with van der Waals surface area (Å²) in [4.78, 5) is 12.0. The minimum absolute atomic E-state index is 0.270. The molecule has 1 aromatic rings. The predicted octanol–water partition coefficient (Wildman–Crippen LogP) is 2.26. The van der Waals surface area contributed by atoms with Crippen molar-refractivity contribution in [2.45, 2.75) is 38.3 Å². The van der Waals surface area contributed by atoms with Gasteiger partial charge in [-0.1, -0.05) is 12.1 Å². The molecule has 6 heteroatoms. The number of carbonyl (C=O) groups excluding carboxylic acids is 1. The summed E-state index contributed by atoms with van der Waals surface area (Å²) in [5.74, 6) is -2.48. The molecule has 1 aliphatic heterocycles. The Kier molecular flexibility index (Phi) is 4.77. The molecule has 2 rings (SSSR count). The van der Waals surface area contributed by atoms with E-state index in [9.17, 15) is 13.6 Å². The molecule has 0 radical (unpaired) electrons.